The van der Waals surface area contributed by atoms with Gasteiger partial charge in [0.25, 0.3) is 0 Å². The summed E-state index contributed by atoms with van der Waals surface area (Å²) in [5.74, 6) is -0.365. The van der Waals surface area contributed by atoms with Gasteiger partial charge < -0.3 is 4.74 Å². The van der Waals surface area contributed by atoms with Gasteiger partial charge in [-0.1, -0.05) is 11.6 Å². The highest BCUT2D eigenvalue weighted by Gasteiger charge is 2.13. The van der Waals surface area contributed by atoms with E-state index in [4.69, 9.17) is 16.3 Å². The fourth-order valence-corrected chi connectivity index (χ4v) is 1.48. The van der Waals surface area contributed by atoms with E-state index in [0.29, 0.717) is 20.9 Å². The Morgan fingerprint density at radius 1 is 1.77 bits per heavy atom. The summed E-state index contributed by atoms with van der Waals surface area (Å²) in [6.45, 7) is 2.11. The smallest absolute Gasteiger partial charge is 0.339 e. The van der Waals surface area contributed by atoms with E-state index in [0.717, 1.165) is 0 Å². The first kappa shape index (κ1) is 10.7. The van der Waals surface area contributed by atoms with Crippen molar-refractivity contribution in [3.63, 3.8) is 0 Å². The second-order valence-electron chi connectivity index (χ2n) is 2.18. The zero-order chi connectivity index (χ0) is 9.84. The number of aromatic nitrogens is 1. The fourth-order valence-electron chi connectivity index (χ4n) is 0.785. The third-order valence-corrected chi connectivity index (χ3v) is 3.04. The molecule has 0 aliphatic rings. The Balaban J connectivity index is 3.01. The van der Waals surface area contributed by atoms with Crippen molar-refractivity contribution < 1.29 is 9.53 Å². The van der Waals surface area contributed by atoms with Crippen LogP contribution in [0.5, 0.6) is 0 Å². The van der Waals surface area contributed by atoms with E-state index in [-0.39, 0.29) is 5.97 Å². The molecule has 0 saturated carbocycles. The number of ether oxygens (including phenoxy) is 1. The molecule has 1 aromatic rings. The van der Waals surface area contributed by atoms with Crippen molar-refractivity contribution in [2.45, 2.75) is 6.92 Å². The maximum absolute atomic E-state index is 11.3. The van der Waals surface area contributed by atoms with Crippen LogP contribution in [0.3, 0.4) is 0 Å². The maximum Gasteiger partial charge on any atom is 0.339 e. The summed E-state index contributed by atoms with van der Waals surface area (Å²) in [4.78, 5) is 15.1. The second-order valence-corrected chi connectivity index (χ2v) is 3.62. The molecule has 1 heterocycles. The Morgan fingerprint density at radius 2 is 2.46 bits per heavy atom. The summed E-state index contributed by atoms with van der Waals surface area (Å²) in [7, 11) is 0. The molecule has 3 nitrogen and oxygen atoms in total. The molecule has 0 amide bonds. The van der Waals surface area contributed by atoms with Crippen LogP contribution in [0.4, 0.5) is 0 Å². The number of carbonyl (C=O) groups is 1. The molecular weight excluding hydrogens is 304 g/mol. The van der Waals surface area contributed by atoms with E-state index in [1.807, 2.05) is 22.6 Å². The van der Waals surface area contributed by atoms with Gasteiger partial charge in [0, 0.05) is 6.20 Å². The Labute approximate surface area is 94.6 Å². The van der Waals surface area contributed by atoms with Gasteiger partial charge in [-0.2, -0.15) is 0 Å². The summed E-state index contributed by atoms with van der Waals surface area (Å²) in [5.41, 5.74) is 0.461. The van der Waals surface area contributed by atoms with E-state index in [2.05, 4.69) is 4.98 Å². The number of carbonyl (C=O) groups excluding carboxylic acids is 1. The average molecular weight is 312 g/mol. The standard InChI is InChI=1S/C8H7ClINO2/c1-2-13-8(12)5-3-4-11-7(9)6(5)10/h3-4H,2H2,1H3. The van der Waals surface area contributed by atoms with Crippen LogP contribution in [0.1, 0.15) is 17.3 Å². The number of esters is 1. The molecule has 0 bridgehead atoms. The number of hydrogen-bond donors (Lipinski definition) is 0. The highest BCUT2D eigenvalue weighted by molar-refractivity contribution is 14.1. The first-order valence-electron chi connectivity index (χ1n) is 3.64. The Kier molecular flexibility index (Phi) is 3.92. The van der Waals surface area contributed by atoms with Crippen LogP contribution in [-0.2, 0) is 4.74 Å². The van der Waals surface area contributed by atoms with Crippen molar-refractivity contribution in [3.8, 4) is 0 Å². The van der Waals surface area contributed by atoms with Gasteiger partial charge >= 0.3 is 5.97 Å². The third-order valence-electron chi connectivity index (χ3n) is 1.34. The lowest BCUT2D eigenvalue weighted by Gasteiger charge is -2.03. The molecular formula is C8H7ClINO2. The lowest BCUT2D eigenvalue weighted by molar-refractivity contribution is 0.0525. The largest absolute Gasteiger partial charge is 0.462 e. The van der Waals surface area contributed by atoms with Crippen molar-refractivity contribution in [1.82, 2.24) is 4.98 Å². The quantitative estimate of drug-likeness (QED) is 0.479. The van der Waals surface area contributed by atoms with Crippen LogP contribution >= 0.6 is 34.2 Å². The van der Waals surface area contributed by atoms with Crippen LogP contribution in [0, 0.1) is 3.57 Å². The van der Waals surface area contributed by atoms with E-state index in [9.17, 15) is 4.79 Å². The molecule has 0 saturated heterocycles. The van der Waals surface area contributed by atoms with E-state index in [1.54, 1.807) is 13.0 Å². The molecule has 1 rings (SSSR count). The lowest BCUT2D eigenvalue weighted by atomic mass is 10.3. The first-order chi connectivity index (χ1) is 6.16. The average Bonchev–Trinajstić information content (AvgIpc) is 2.10. The minimum atomic E-state index is -0.365. The number of pyridine rings is 1. The molecule has 0 aliphatic heterocycles. The minimum Gasteiger partial charge on any atom is -0.462 e. The van der Waals surface area contributed by atoms with Crippen LogP contribution in [-0.4, -0.2) is 17.6 Å². The molecule has 0 atom stereocenters. The van der Waals surface area contributed by atoms with Gasteiger partial charge in [-0.05, 0) is 35.6 Å². The topological polar surface area (TPSA) is 39.2 Å². The maximum atomic E-state index is 11.3. The van der Waals surface area contributed by atoms with Gasteiger partial charge in [0.2, 0.25) is 0 Å². The van der Waals surface area contributed by atoms with E-state index in [1.165, 1.54) is 6.20 Å². The molecule has 13 heavy (non-hydrogen) atoms. The lowest BCUT2D eigenvalue weighted by Crippen LogP contribution is -2.07. The third kappa shape index (κ3) is 2.54. The van der Waals surface area contributed by atoms with Gasteiger partial charge in [0.15, 0.2) is 0 Å². The summed E-state index contributed by atoms with van der Waals surface area (Å²) in [6.07, 6.45) is 1.48. The highest BCUT2D eigenvalue weighted by Crippen LogP contribution is 2.19. The molecule has 70 valence electrons. The first-order valence-corrected chi connectivity index (χ1v) is 5.09. The number of rotatable bonds is 2. The van der Waals surface area contributed by atoms with Gasteiger partial charge in [-0.3, -0.25) is 0 Å². The molecule has 5 heteroatoms. The van der Waals surface area contributed by atoms with Gasteiger partial charge in [0.05, 0.1) is 15.7 Å². The molecule has 0 aliphatic carbocycles. The Hall–Kier alpha value is -0.360. The molecule has 0 aromatic carbocycles. The van der Waals surface area contributed by atoms with Gasteiger partial charge in [0.1, 0.15) is 5.15 Å². The summed E-state index contributed by atoms with van der Waals surface area (Å²) < 4.78 is 5.46. The van der Waals surface area contributed by atoms with Crippen LogP contribution in [0.15, 0.2) is 12.3 Å². The fraction of sp³-hybridized carbons (Fsp3) is 0.250. The molecule has 1 aromatic heterocycles. The SMILES string of the molecule is CCOC(=O)c1ccnc(Cl)c1I. The van der Waals surface area contributed by atoms with Crippen LogP contribution in [0.2, 0.25) is 5.15 Å². The summed E-state index contributed by atoms with van der Waals surface area (Å²) in [6, 6.07) is 1.59. The van der Waals surface area contributed by atoms with Gasteiger partial charge in [-0.15, -0.1) is 0 Å². The number of halogens is 2. The summed E-state index contributed by atoms with van der Waals surface area (Å²) >= 11 is 7.70. The molecule has 0 fully saturated rings. The second kappa shape index (κ2) is 4.76. The molecule has 0 spiro atoms. The van der Waals surface area contributed by atoms with Crippen molar-refractivity contribution in [1.29, 1.82) is 0 Å². The van der Waals surface area contributed by atoms with Gasteiger partial charge in [-0.25, -0.2) is 9.78 Å². The summed E-state index contributed by atoms with van der Waals surface area (Å²) in [5, 5.41) is 0.325. The van der Waals surface area contributed by atoms with E-state index < -0.39 is 0 Å². The predicted molar refractivity (Wildman–Crippen MR) is 57.9 cm³/mol. The van der Waals surface area contributed by atoms with Crippen molar-refractivity contribution in [3.05, 3.63) is 26.5 Å². The Bertz CT molecular complexity index is 330. The predicted octanol–water partition coefficient (Wildman–Crippen LogP) is 2.52. The number of nitrogens with zero attached hydrogens (tertiary/aromatic N) is 1. The Morgan fingerprint density at radius 3 is 3.08 bits per heavy atom. The van der Waals surface area contributed by atoms with Crippen molar-refractivity contribution in [2.75, 3.05) is 6.61 Å². The zero-order valence-electron chi connectivity index (χ0n) is 6.88. The van der Waals surface area contributed by atoms with Crippen LogP contribution in [0.25, 0.3) is 0 Å². The zero-order valence-corrected chi connectivity index (χ0v) is 9.79. The molecule has 0 unspecified atom stereocenters. The van der Waals surface area contributed by atoms with E-state index >= 15 is 0 Å². The van der Waals surface area contributed by atoms with Crippen molar-refractivity contribution in [2.24, 2.45) is 0 Å². The monoisotopic (exact) mass is 311 g/mol. The normalized spacial score (nSPS) is 9.77. The minimum absolute atomic E-state index is 0.325. The van der Waals surface area contributed by atoms with Crippen LogP contribution < -0.4 is 0 Å². The molecule has 0 N–H and O–H groups in total. The molecule has 0 radical (unpaired) electrons. The number of hydrogen-bond acceptors (Lipinski definition) is 3. The van der Waals surface area contributed by atoms with Crippen molar-refractivity contribution >= 4 is 40.2 Å². The highest BCUT2D eigenvalue weighted by atomic mass is 127.